The fraction of sp³-hybridized carbons (Fsp3) is 0.500. The van der Waals surface area contributed by atoms with E-state index in [1.807, 2.05) is 43.0 Å². The van der Waals surface area contributed by atoms with Gasteiger partial charge >= 0.3 is 0 Å². The summed E-state index contributed by atoms with van der Waals surface area (Å²) >= 11 is 2.02. The number of thioether (sulfide) groups is 1. The van der Waals surface area contributed by atoms with E-state index in [-0.39, 0.29) is 0 Å². The lowest BCUT2D eigenvalue weighted by molar-refractivity contribution is 0.0458. The molecule has 0 aliphatic carbocycles. The van der Waals surface area contributed by atoms with Crippen molar-refractivity contribution >= 4 is 17.6 Å². The van der Waals surface area contributed by atoms with Gasteiger partial charge < -0.3 is 14.4 Å². The fourth-order valence-corrected chi connectivity index (χ4v) is 4.99. The highest BCUT2D eigenvalue weighted by atomic mass is 32.2. The lowest BCUT2D eigenvalue weighted by Crippen LogP contribution is -2.59. The average Bonchev–Trinajstić information content (AvgIpc) is 3.03. The SMILES string of the molecule is COc1cc(N2CC3(C[C@@H](OCc4cccc(C)n4)CS3)C2)ncn1. The number of methoxy groups -OCH3 is 1. The molecule has 2 aromatic heterocycles. The lowest BCUT2D eigenvalue weighted by Gasteiger charge is -2.48. The minimum atomic E-state index is 0.295. The van der Waals surface area contributed by atoms with Crippen LogP contribution in [0.4, 0.5) is 5.82 Å². The van der Waals surface area contributed by atoms with Crippen molar-refractivity contribution in [1.82, 2.24) is 15.0 Å². The minimum absolute atomic E-state index is 0.295. The van der Waals surface area contributed by atoms with Crippen LogP contribution in [0.25, 0.3) is 0 Å². The monoisotopic (exact) mass is 358 g/mol. The van der Waals surface area contributed by atoms with Gasteiger partial charge in [0, 0.05) is 30.6 Å². The molecule has 0 amide bonds. The van der Waals surface area contributed by atoms with Gasteiger partial charge in [0.15, 0.2) is 0 Å². The molecule has 2 fully saturated rings. The number of hydrogen-bond donors (Lipinski definition) is 0. The van der Waals surface area contributed by atoms with E-state index in [9.17, 15) is 0 Å². The van der Waals surface area contributed by atoms with E-state index in [0.717, 1.165) is 42.5 Å². The molecule has 0 aromatic carbocycles. The van der Waals surface area contributed by atoms with Crippen LogP contribution in [0.1, 0.15) is 17.8 Å². The maximum atomic E-state index is 6.11. The van der Waals surface area contributed by atoms with Gasteiger partial charge in [0.05, 0.1) is 30.3 Å². The maximum Gasteiger partial charge on any atom is 0.218 e. The number of anilines is 1. The molecule has 132 valence electrons. The Morgan fingerprint density at radius 3 is 3.00 bits per heavy atom. The van der Waals surface area contributed by atoms with E-state index in [4.69, 9.17) is 9.47 Å². The predicted molar refractivity (Wildman–Crippen MR) is 98.2 cm³/mol. The molecule has 0 unspecified atom stereocenters. The first-order chi connectivity index (χ1) is 12.2. The zero-order chi connectivity index (χ0) is 17.3. The Bertz CT molecular complexity index is 751. The number of aromatic nitrogens is 3. The first-order valence-electron chi connectivity index (χ1n) is 8.45. The molecule has 2 saturated heterocycles. The third-order valence-corrected chi connectivity index (χ3v) is 6.28. The highest BCUT2D eigenvalue weighted by Crippen LogP contribution is 2.47. The van der Waals surface area contributed by atoms with E-state index in [0.29, 0.717) is 23.3 Å². The Morgan fingerprint density at radius 1 is 1.32 bits per heavy atom. The van der Waals surface area contributed by atoms with Crippen molar-refractivity contribution in [2.45, 2.75) is 30.8 Å². The van der Waals surface area contributed by atoms with Gasteiger partial charge in [-0.2, -0.15) is 0 Å². The van der Waals surface area contributed by atoms with Gasteiger partial charge in [-0.3, -0.25) is 4.98 Å². The molecular formula is C18H22N4O2S. The Kier molecular flexibility index (Phi) is 4.52. The molecule has 1 spiro atoms. The minimum Gasteiger partial charge on any atom is -0.481 e. The maximum absolute atomic E-state index is 6.11. The van der Waals surface area contributed by atoms with Gasteiger partial charge in [0.25, 0.3) is 0 Å². The summed E-state index contributed by atoms with van der Waals surface area (Å²) in [5, 5.41) is 0. The number of nitrogens with zero attached hydrogens (tertiary/aromatic N) is 4. The van der Waals surface area contributed by atoms with Crippen molar-refractivity contribution in [3.63, 3.8) is 0 Å². The smallest absolute Gasteiger partial charge is 0.218 e. The van der Waals surface area contributed by atoms with Crippen LogP contribution in [0, 0.1) is 6.92 Å². The Balaban J connectivity index is 1.30. The summed E-state index contributed by atoms with van der Waals surface area (Å²) in [5.74, 6) is 2.59. The quantitative estimate of drug-likeness (QED) is 0.814. The fourth-order valence-electron chi connectivity index (χ4n) is 3.44. The first-order valence-corrected chi connectivity index (χ1v) is 9.43. The van der Waals surface area contributed by atoms with Crippen LogP contribution in [0.2, 0.25) is 0 Å². The molecule has 25 heavy (non-hydrogen) atoms. The molecule has 4 rings (SSSR count). The molecule has 2 aliphatic rings. The summed E-state index contributed by atoms with van der Waals surface area (Å²) in [5.41, 5.74) is 2.04. The van der Waals surface area contributed by atoms with Crippen LogP contribution in [-0.4, -0.2) is 51.8 Å². The van der Waals surface area contributed by atoms with Crippen molar-refractivity contribution in [1.29, 1.82) is 0 Å². The Hall–Kier alpha value is -1.86. The number of pyridine rings is 1. The lowest BCUT2D eigenvalue weighted by atomic mass is 9.93. The van der Waals surface area contributed by atoms with Crippen molar-refractivity contribution in [3.8, 4) is 5.88 Å². The molecule has 2 aromatic rings. The van der Waals surface area contributed by atoms with E-state index < -0.39 is 0 Å². The first kappa shape index (κ1) is 16.6. The molecular weight excluding hydrogens is 336 g/mol. The number of ether oxygens (including phenoxy) is 2. The Labute approximate surface area is 152 Å². The predicted octanol–water partition coefficient (Wildman–Crippen LogP) is 2.47. The summed E-state index contributed by atoms with van der Waals surface area (Å²) in [6.07, 6.45) is 2.94. The van der Waals surface area contributed by atoms with Crippen LogP contribution in [0.5, 0.6) is 5.88 Å². The van der Waals surface area contributed by atoms with E-state index in [1.165, 1.54) is 0 Å². The van der Waals surface area contributed by atoms with Crippen LogP contribution >= 0.6 is 11.8 Å². The van der Waals surface area contributed by atoms with Gasteiger partial charge in [-0.25, -0.2) is 9.97 Å². The van der Waals surface area contributed by atoms with Crippen molar-refractivity contribution in [2.24, 2.45) is 0 Å². The summed E-state index contributed by atoms with van der Waals surface area (Å²) in [6.45, 7) is 4.60. The molecule has 7 heteroatoms. The second-order valence-electron chi connectivity index (χ2n) is 6.68. The highest BCUT2D eigenvalue weighted by molar-refractivity contribution is 8.01. The summed E-state index contributed by atoms with van der Waals surface area (Å²) in [6, 6.07) is 7.96. The van der Waals surface area contributed by atoms with Crippen LogP contribution in [0.15, 0.2) is 30.6 Å². The van der Waals surface area contributed by atoms with E-state index in [1.54, 1.807) is 13.4 Å². The van der Waals surface area contributed by atoms with Crippen molar-refractivity contribution < 1.29 is 9.47 Å². The zero-order valence-corrected chi connectivity index (χ0v) is 15.3. The van der Waals surface area contributed by atoms with Crippen LogP contribution in [-0.2, 0) is 11.3 Å². The number of hydrogen-bond acceptors (Lipinski definition) is 7. The van der Waals surface area contributed by atoms with Gasteiger partial charge in [0.2, 0.25) is 5.88 Å². The average molecular weight is 358 g/mol. The molecule has 4 heterocycles. The zero-order valence-electron chi connectivity index (χ0n) is 14.5. The molecule has 0 radical (unpaired) electrons. The molecule has 0 N–H and O–H groups in total. The summed E-state index contributed by atoms with van der Waals surface area (Å²) in [7, 11) is 1.63. The molecule has 0 bridgehead atoms. The van der Waals surface area contributed by atoms with Gasteiger partial charge in [-0.05, 0) is 25.5 Å². The van der Waals surface area contributed by atoms with Crippen molar-refractivity contribution in [2.75, 3.05) is 30.9 Å². The van der Waals surface area contributed by atoms with E-state index >= 15 is 0 Å². The third-order valence-electron chi connectivity index (χ3n) is 4.71. The summed E-state index contributed by atoms with van der Waals surface area (Å²) < 4.78 is 11.6. The van der Waals surface area contributed by atoms with Crippen LogP contribution < -0.4 is 9.64 Å². The van der Waals surface area contributed by atoms with Crippen molar-refractivity contribution in [3.05, 3.63) is 42.0 Å². The molecule has 6 nitrogen and oxygen atoms in total. The summed E-state index contributed by atoms with van der Waals surface area (Å²) in [4.78, 5) is 15.2. The molecule has 0 saturated carbocycles. The van der Waals surface area contributed by atoms with Gasteiger partial charge in [-0.1, -0.05) is 6.07 Å². The molecule has 2 aliphatic heterocycles. The molecule has 1 atom stereocenters. The normalized spacial score (nSPS) is 21.4. The standard InChI is InChI=1S/C18H22N4O2S/c1-13-4-3-5-14(21-13)8-24-15-7-18(25-9-15)10-22(11-18)16-6-17(23-2)20-12-19-16/h3-6,12,15H,7-11H2,1-2H3/t15-/m1/s1. The van der Waals surface area contributed by atoms with Gasteiger partial charge in [0.1, 0.15) is 12.1 Å². The van der Waals surface area contributed by atoms with Gasteiger partial charge in [-0.15, -0.1) is 11.8 Å². The second-order valence-corrected chi connectivity index (χ2v) is 8.16. The second kappa shape index (κ2) is 6.80. The van der Waals surface area contributed by atoms with E-state index in [2.05, 4.69) is 19.9 Å². The largest absolute Gasteiger partial charge is 0.481 e. The Morgan fingerprint density at radius 2 is 2.20 bits per heavy atom. The third kappa shape index (κ3) is 3.57. The number of rotatable bonds is 5. The topological polar surface area (TPSA) is 60.4 Å². The highest BCUT2D eigenvalue weighted by Gasteiger charge is 2.49. The van der Waals surface area contributed by atoms with Crippen LogP contribution in [0.3, 0.4) is 0 Å². The number of aryl methyl sites for hydroxylation is 1.